The Labute approximate surface area is 290 Å². The van der Waals surface area contributed by atoms with Gasteiger partial charge in [-0.05, 0) is 32.1 Å². The summed E-state index contributed by atoms with van der Waals surface area (Å²) in [7, 11) is -4.70. The molecule has 0 heterocycles. The van der Waals surface area contributed by atoms with Gasteiger partial charge >= 0.3 is 25.7 Å². The first-order valence-corrected chi connectivity index (χ1v) is 20.2. The van der Waals surface area contributed by atoms with Crippen molar-refractivity contribution in [1.82, 2.24) is 0 Å². The van der Waals surface area contributed by atoms with Crippen LogP contribution in [0.5, 0.6) is 0 Å². The van der Waals surface area contributed by atoms with Crippen LogP contribution in [-0.2, 0) is 37.5 Å². The predicted octanol–water partition coefficient (Wildman–Crippen LogP) is 8.95. The molecular weight excluding hydrogens is 637 g/mol. The molecule has 48 heavy (non-hydrogen) atoms. The lowest BCUT2D eigenvalue weighted by atomic mass is 10.0. The summed E-state index contributed by atoms with van der Waals surface area (Å²) in [6.45, 7) is 2.74. The molecule has 0 spiro atoms. The molecule has 0 radical (unpaired) electrons. The molecule has 0 amide bonds. The molecule has 0 saturated carbocycles. The number of esters is 2. The second-order valence-electron chi connectivity index (χ2n) is 12.7. The van der Waals surface area contributed by atoms with Gasteiger partial charge in [-0.3, -0.25) is 23.4 Å². The van der Waals surface area contributed by atoms with Crippen LogP contribution in [0.25, 0.3) is 0 Å². The molecule has 0 aliphatic carbocycles. The Morgan fingerprint density at radius 2 is 1.06 bits per heavy atom. The minimum Gasteiger partial charge on any atom is -0.480 e. The molecule has 0 bridgehead atoms. The van der Waals surface area contributed by atoms with E-state index in [-0.39, 0.29) is 19.4 Å². The SMILES string of the molecule is CCCC/C=C/CCCCCCCC(=O)OC[C@H](COP(=O)(O)OC[C@H](N)C(=O)O)OC(=O)CCCCCCCCCCCCCCC. The Morgan fingerprint density at radius 1 is 0.625 bits per heavy atom. The van der Waals surface area contributed by atoms with Gasteiger partial charge in [0, 0.05) is 12.8 Å². The third-order valence-electron chi connectivity index (χ3n) is 8.01. The fourth-order valence-electron chi connectivity index (χ4n) is 4.99. The van der Waals surface area contributed by atoms with Crippen LogP contribution in [0.2, 0.25) is 0 Å². The maximum atomic E-state index is 12.5. The molecule has 0 aliphatic heterocycles. The minimum atomic E-state index is -4.70. The second kappa shape index (κ2) is 32.4. The number of carboxylic acids is 1. The van der Waals surface area contributed by atoms with Crippen molar-refractivity contribution in [3.63, 3.8) is 0 Å². The van der Waals surface area contributed by atoms with Gasteiger partial charge in [-0.15, -0.1) is 0 Å². The summed E-state index contributed by atoms with van der Waals surface area (Å²) in [6, 6.07) is -1.52. The van der Waals surface area contributed by atoms with Crippen LogP contribution in [0.15, 0.2) is 12.2 Å². The lowest BCUT2D eigenvalue weighted by Gasteiger charge is -2.20. The highest BCUT2D eigenvalue weighted by molar-refractivity contribution is 7.47. The summed E-state index contributed by atoms with van der Waals surface area (Å²) in [5.74, 6) is -2.39. The van der Waals surface area contributed by atoms with Crippen LogP contribution in [-0.4, -0.2) is 59.9 Å². The van der Waals surface area contributed by atoms with Gasteiger partial charge in [0.15, 0.2) is 6.10 Å². The normalized spacial score (nSPS) is 14.1. The quantitative estimate of drug-likeness (QED) is 0.0249. The molecule has 0 fully saturated rings. The van der Waals surface area contributed by atoms with E-state index in [1.807, 2.05) is 0 Å². The van der Waals surface area contributed by atoms with Crippen molar-refractivity contribution < 1.29 is 47.5 Å². The summed E-state index contributed by atoms with van der Waals surface area (Å²) in [4.78, 5) is 45.6. The zero-order valence-corrected chi connectivity index (χ0v) is 31.0. The smallest absolute Gasteiger partial charge is 0.472 e. The van der Waals surface area contributed by atoms with Gasteiger partial charge in [0.05, 0.1) is 13.2 Å². The first-order chi connectivity index (χ1) is 23.1. The topological polar surface area (TPSA) is 172 Å². The Bertz CT molecular complexity index is 885. The van der Waals surface area contributed by atoms with E-state index >= 15 is 0 Å². The molecule has 0 aromatic carbocycles. The van der Waals surface area contributed by atoms with Crippen molar-refractivity contribution in [2.24, 2.45) is 5.73 Å². The molecule has 4 N–H and O–H groups in total. The number of unbranched alkanes of at least 4 members (excludes halogenated alkanes) is 19. The average molecular weight is 706 g/mol. The van der Waals surface area contributed by atoms with E-state index in [4.69, 9.17) is 24.8 Å². The summed E-state index contributed by atoms with van der Waals surface area (Å²) in [6.07, 6.45) is 28.6. The number of ether oxygens (including phenoxy) is 2. The maximum absolute atomic E-state index is 12.5. The lowest BCUT2D eigenvalue weighted by Crippen LogP contribution is -2.34. The Kier molecular flexibility index (Phi) is 31.2. The largest absolute Gasteiger partial charge is 0.480 e. The van der Waals surface area contributed by atoms with Gasteiger partial charge in [-0.25, -0.2) is 4.57 Å². The minimum absolute atomic E-state index is 0.164. The van der Waals surface area contributed by atoms with Crippen molar-refractivity contribution in [1.29, 1.82) is 0 Å². The highest BCUT2D eigenvalue weighted by Gasteiger charge is 2.28. The number of carbonyl (C=O) groups is 3. The summed E-state index contributed by atoms with van der Waals surface area (Å²) >= 11 is 0. The second-order valence-corrected chi connectivity index (χ2v) is 14.2. The summed E-state index contributed by atoms with van der Waals surface area (Å²) < 4.78 is 32.5. The standard InChI is InChI=1S/C36H68NO10P/c1-3-5-7-9-11-13-15-16-18-20-22-24-26-28-35(39)47-32(30-45-48(42,43)46-31-33(37)36(40)41)29-44-34(38)27-25-23-21-19-17-14-12-10-8-6-4-2/h10,12,32-33H,3-9,11,13-31,37H2,1-2H3,(H,40,41)(H,42,43)/b12-10+/t32-,33+/m1/s1. The van der Waals surface area contributed by atoms with Gasteiger partial charge in [0.1, 0.15) is 12.6 Å². The number of phosphoric acid groups is 1. The number of aliphatic carboxylic acids is 1. The third kappa shape index (κ3) is 31.5. The Balaban J connectivity index is 4.45. The number of phosphoric ester groups is 1. The van der Waals surface area contributed by atoms with Gasteiger partial charge in [0.2, 0.25) is 0 Å². The zero-order chi connectivity index (χ0) is 35.7. The zero-order valence-electron chi connectivity index (χ0n) is 30.1. The molecular formula is C36H68NO10P. The van der Waals surface area contributed by atoms with Crippen LogP contribution < -0.4 is 5.73 Å². The summed E-state index contributed by atoms with van der Waals surface area (Å²) in [5.41, 5.74) is 5.31. The van der Waals surface area contributed by atoms with E-state index < -0.39 is 51.1 Å². The molecule has 11 nitrogen and oxygen atoms in total. The number of nitrogens with two attached hydrogens (primary N) is 1. The number of allylic oxidation sites excluding steroid dienone is 2. The van der Waals surface area contributed by atoms with Gasteiger partial charge in [-0.1, -0.05) is 135 Å². The number of carbonyl (C=O) groups excluding carboxylic acids is 2. The molecule has 0 aliphatic rings. The molecule has 0 aromatic rings. The van der Waals surface area contributed by atoms with Gasteiger partial charge in [0.25, 0.3) is 0 Å². The fourth-order valence-corrected chi connectivity index (χ4v) is 5.76. The number of rotatable bonds is 35. The predicted molar refractivity (Wildman–Crippen MR) is 189 cm³/mol. The van der Waals surface area contributed by atoms with Gasteiger partial charge < -0.3 is 25.2 Å². The van der Waals surface area contributed by atoms with Crippen molar-refractivity contribution in [2.75, 3.05) is 19.8 Å². The van der Waals surface area contributed by atoms with Crippen LogP contribution in [0.3, 0.4) is 0 Å². The highest BCUT2D eigenvalue weighted by Crippen LogP contribution is 2.43. The van der Waals surface area contributed by atoms with Gasteiger partial charge in [-0.2, -0.15) is 0 Å². The van der Waals surface area contributed by atoms with E-state index in [0.29, 0.717) is 12.8 Å². The highest BCUT2D eigenvalue weighted by atomic mass is 31.2. The van der Waals surface area contributed by atoms with E-state index in [9.17, 15) is 23.8 Å². The summed E-state index contributed by atoms with van der Waals surface area (Å²) in [5, 5.41) is 8.84. The maximum Gasteiger partial charge on any atom is 0.472 e. The van der Waals surface area contributed by atoms with Crippen LogP contribution in [0.4, 0.5) is 0 Å². The molecule has 3 atom stereocenters. The first kappa shape index (κ1) is 46.2. The Hall–Kier alpha value is -1.78. The van der Waals surface area contributed by atoms with E-state index in [0.717, 1.165) is 57.8 Å². The molecule has 282 valence electrons. The van der Waals surface area contributed by atoms with Crippen LogP contribution in [0, 0.1) is 0 Å². The number of carboxylic acid groups (broad SMARTS) is 1. The molecule has 0 rings (SSSR count). The van der Waals surface area contributed by atoms with Crippen molar-refractivity contribution in [3.05, 3.63) is 12.2 Å². The van der Waals surface area contributed by atoms with Crippen LogP contribution in [0.1, 0.15) is 168 Å². The molecule has 0 aromatic heterocycles. The van der Waals surface area contributed by atoms with E-state index in [1.165, 1.54) is 70.6 Å². The molecule has 1 unspecified atom stereocenters. The molecule has 12 heteroatoms. The number of hydrogen-bond donors (Lipinski definition) is 3. The van der Waals surface area contributed by atoms with Crippen molar-refractivity contribution in [3.8, 4) is 0 Å². The average Bonchev–Trinajstić information content (AvgIpc) is 3.05. The third-order valence-corrected chi connectivity index (χ3v) is 8.96. The monoisotopic (exact) mass is 705 g/mol. The first-order valence-electron chi connectivity index (χ1n) is 18.7. The Morgan fingerprint density at radius 3 is 1.58 bits per heavy atom. The van der Waals surface area contributed by atoms with Crippen LogP contribution >= 0.6 is 7.82 Å². The van der Waals surface area contributed by atoms with Crippen molar-refractivity contribution >= 4 is 25.7 Å². The van der Waals surface area contributed by atoms with E-state index in [2.05, 4.69) is 30.5 Å². The molecule has 0 saturated heterocycles. The van der Waals surface area contributed by atoms with E-state index in [1.54, 1.807) is 0 Å². The fraction of sp³-hybridized carbons (Fsp3) is 0.861. The lowest BCUT2D eigenvalue weighted by molar-refractivity contribution is -0.161. The van der Waals surface area contributed by atoms with Crippen molar-refractivity contribution in [2.45, 2.75) is 180 Å². The number of hydrogen-bond acceptors (Lipinski definition) is 9.